The molecule has 6 nitrogen and oxygen atoms in total. The van der Waals surface area contributed by atoms with Gasteiger partial charge in [0, 0.05) is 5.56 Å². The maximum atomic E-state index is 11.9. The Morgan fingerprint density at radius 2 is 1.67 bits per heavy atom. The Labute approximate surface area is 139 Å². The number of aliphatic hydroxyl groups excluding tert-OH is 1. The van der Waals surface area contributed by atoms with Gasteiger partial charge in [-0.1, -0.05) is 42.5 Å². The second kappa shape index (κ2) is 8.03. The number of Topliss-reactive ketones (excluding diaryl/α,β-unsaturated/α-hetero) is 1. The number of anilines is 1. The monoisotopic (exact) mass is 327 g/mol. The molecule has 0 bridgehead atoms. The molecule has 2 N–H and O–H groups in total. The van der Waals surface area contributed by atoms with E-state index in [-0.39, 0.29) is 5.78 Å². The number of carbonyl (C=O) groups is 3. The molecule has 0 saturated carbocycles. The lowest BCUT2D eigenvalue weighted by atomic mass is 10.1. The second-order valence-corrected chi connectivity index (χ2v) is 5.07. The highest BCUT2D eigenvalue weighted by Gasteiger charge is 2.20. The summed E-state index contributed by atoms with van der Waals surface area (Å²) >= 11 is 0. The molecule has 24 heavy (non-hydrogen) atoms. The van der Waals surface area contributed by atoms with Crippen LogP contribution in [0.15, 0.2) is 54.6 Å². The van der Waals surface area contributed by atoms with Crippen molar-refractivity contribution in [3.05, 3.63) is 65.7 Å². The molecule has 124 valence electrons. The Morgan fingerprint density at radius 1 is 1.04 bits per heavy atom. The molecule has 0 aliphatic heterocycles. The first kappa shape index (κ1) is 17.4. The van der Waals surface area contributed by atoms with E-state index in [2.05, 4.69) is 5.32 Å². The summed E-state index contributed by atoms with van der Waals surface area (Å²) in [5, 5.41) is 12.4. The Hall–Kier alpha value is -2.99. The molecule has 0 aliphatic carbocycles. The largest absolute Gasteiger partial charge is 0.453 e. The van der Waals surface area contributed by atoms with E-state index < -0.39 is 24.6 Å². The van der Waals surface area contributed by atoms with Crippen molar-refractivity contribution in [1.82, 2.24) is 0 Å². The topological polar surface area (TPSA) is 92.7 Å². The molecule has 0 fully saturated rings. The summed E-state index contributed by atoms with van der Waals surface area (Å²) < 4.78 is 4.81. The molecule has 0 aliphatic rings. The van der Waals surface area contributed by atoms with Gasteiger partial charge in [0.1, 0.15) is 0 Å². The fourth-order valence-electron chi connectivity index (χ4n) is 2.07. The van der Waals surface area contributed by atoms with E-state index in [1.807, 2.05) is 0 Å². The van der Waals surface area contributed by atoms with Gasteiger partial charge in [-0.05, 0) is 24.6 Å². The van der Waals surface area contributed by atoms with Crippen molar-refractivity contribution >= 4 is 23.3 Å². The van der Waals surface area contributed by atoms with E-state index in [1.165, 1.54) is 6.92 Å². The predicted octanol–water partition coefficient (Wildman–Crippen LogP) is 2.10. The SMILES string of the molecule is CC(=O)c1ccccc1NC(=O)COC(=O)[C@H](O)c1ccccc1. The molecule has 0 aromatic heterocycles. The van der Waals surface area contributed by atoms with Crippen LogP contribution in [0.3, 0.4) is 0 Å². The molecule has 0 heterocycles. The number of ketones is 1. The lowest BCUT2D eigenvalue weighted by Crippen LogP contribution is -2.24. The Bertz CT molecular complexity index is 742. The fraction of sp³-hybridized carbons (Fsp3) is 0.167. The van der Waals surface area contributed by atoms with Gasteiger partial charge in [0.2, 0.25) is 0 Å². The van der Waals surface area contributed by atoms with Crippen LogP contribution in [-0.4, -0.2) is 29.4 Å². The summed E-state index contributed by atoms with van der Waals surface area (Å²) in [7, 11) is 0. The molecule has 1 amide bonds. The third-order valence-electron chi connectivity index (χ3n) is 3.26. The number of amides is 1. The minimum atomic E-state index is -1.46. The van der Waals surface area contributed by atoms with Gasteiger partial charge >= 0.3 is 5.97 Å². The third-order valence-corrected chi connectivity index (χ3v) is 3.26. The summed E-state index contributed by atoms with van der Waals surface area (Å²) in [6.07, 6.45) is -1.46. The molecular weight excluding hydrogens is 310 g/mol. The van der Waals surface area contributed by atoms with Gasteiger partial charge in [-0.2, -0.15) is 0 Å². The Kier molecular flexibility index (Phi) is 5.81. The van der Waals surface area contributed by atoms with Crippen LogP contribution in [0.2, 0.25) is 0 Å². The summed E-state index contributed by atoms with van der Waals surface area (Å²) in [6.45, 7) is 0.830. The van der Waals surface area contributed by atoms with Crippen molar-refractivity contribution < 1.29 is 24.2 Å². The predicted molar refractivity (Wildman–Crippen MR) is 87.4 cm³/mol. The Morgan fingerprint density at radius 3 is 2.33 bits per heavy atom. The van der Waals surface area contributed by atoms with Crippen molar-refractivity contribution in [2.45, 2.75) is 13.0 Å². The smallest absolute Gasteiger partial charge is 0.340 e. The van der Waals surface area contributed by atoms with E-state index in [0.717, 1.165) is 0 Å². The van der Waals surface area contributed by atoms with Crippen LogP contribution < -0.4 is 5.32 Å². The maximum absolute atomic E-state index is 11.9. The number of nitrogens with one attached hydrogen (secondary N) is 1. The minimum Gasteiger partial charge on any atom is -0.453 e. The summed E-state index contributed by atoms with van der Waals surface area (Å²) in [5.41, 5.74) is 1.08. The third kappa shape index (κ3) is 4.50. The maximum Gasteiger partial charge on any atom is 0.340 e. The van der Waals surface area contributed by atoms with Crippen LogP contribution in [0.25, 0.3) is 0 Å². The van der Waals surface area contributed by atoms with Gasteiger partial charge < -0.3 is 15.2 Å². The van der Waals surface area contributed by atoms with Gasteiger partial charge in [-0.15, -0.1) is 0 Å². The van der Waals surface area contributed by atoms with Crippen molar-refractivity contribution in [2.24, 2.45) is 0 Å². The number of hydrogen-bond acceptors (Lipinski definition) is 5. The van der Waals surface area contributed by atoms with E-state index in [9.17, 15) is 19.5 Å². The second-order valence-electron chi connectivity index (χ2n) is 5.07. The minimum absolute atomic E-state index is 0.192. The normalized spacial score (nSPS) is 11.4. The van der Waals surface area contributed by atoms with Crippen molar-refractivity contribution in [3.8, 4) is 0 Å². The van der Waals surface area contributed by atoms with Gasteiger partial charge in [0.05, 0.1) is 5.69 Å². The quantitative estimate of drug-likeness (QED) is 0.626. The van der Waals surface area contributed by atoms with E-state index in [4.69, 9.17) is 4.74 Å². The molecule has 0 unspecified atom stereocenters. The van der Waals surface area contributed by atoms with Crippen LogP contribution in [0, 0.1) is 0 Å². The molecule has 0 saturated heterocycles. The number of ether oxygens (including phenoxy) is 1. The number of benzene rings is 2. The highest BCUT2D eigenvalue weighted by atomic mass is 16.5. The highest BCUT2D eigenvalue weighted by Crippen LogP contribution is 2.16. The number of carbonyl (C=O) groups excluding carboxylic acids is 3. The van der Waals surface area contributed by atoms with E-state index >= 15 is 0 Å². The number of rotatable bonds is 6. The van der Waals surface area contributed by atoms with E-state index in [1.54, 1.807) is 54.6 Å². The molecule has 2 aromatic carbocycles. The van der Waals surface area contributed by atoms with Gasteiger partial charge in [-0.3, -0.25) is 9.59 Å². The van der Waals surface area contributed by atoms with Crippen LogP contribution in [0.5, 0.6) is 0 Å². The van der Waals surface area contributed by atoms with Gasteiger partial charge in [0.25, 0.3) is 5.91 Å². The van der Waals surface area contributed by atoms with Gasteiger partial charge in [0.15, 0.2) is 18.5 Å². The fourth-order valence-corrected chi connectivity index (χ4v) is 2.07. The summed E-state index contributed by atoms with van der Waals surface area (Å²) in [6, 6.07) is 14.8. The van der Waals surface area contributed by atoms with E-state index in [0.29, 0.717) is 16.8 Å². The number of hydrogen-bond donors (Lipinski definition) is 2. The van der Waals surface area contributed by atoms with Gasteiger partial charge in [-0.25, -0.2) is 4.79 Å². The molecule has 2 rings (SSSR count). The summed E-state index contributed by atoms with van der Waals surface area (Å²) in [5.74, 6) is -1.71. The lowest BCUT2D eigenvalue weighted by molar-refractivity contribution is -0.156. The first-order valence-corrected chi connectivity index (χ1v) is 7.28. The first-order valence-electron chi connectivity index (χ1n) is 7.28. The van der Waals surface area contributed by atoms with Crippen molar-refractivity contribution in [2.75, 3.05) is 11.9 Å². The van der Waals surface area contributed by atoms with Crippen LogP contribution in [0.1, 0.15) is 28.9 Å². The lowest BCUT2D eigenvalue weighted by Gasteiger charge is -2.12. The van der Waals surface area contributed by atoms with Crippen LogP contribution in [0.4, 0.5) is 5.69 Å². The summed E-state index contributed by atoms with van der Waals surface area (Å²) in [4.78, 5) is 35.1. The van der Waals surface area contributed by atoms with Crippen molar-refractivity contribution in [3.63, 3.8) is 0 Å². The number of esters is 1. The molecule has 2 aromatic rings. The first-order chi connectivity index (χ1) is 11.5. The molecule has 6 heteroatoms. The van der Waals surface area contributed by atoms with Crippen LogP contribution in [-0.2, 0) is 14.3 Å². The number of aliphatic hydroxyl groups is 1. The average Bonchev–Trinajstić information content (AvgIpc) is 2.60. The zero-order valence-electron chi connectivity index (χ0n) is 13.1. The average molecular weight is 327 g/mol. The van der Waals surface area contributed by atoms with Crippen LogP contribution >= 0.6 is 0 Å². The molecule has 0 radical (unpaired) electrons. The zero-order chi connectivity index (χ0) is 17.5. The molecule has 0 spiro atoms. The molecule has 1 atom stereocenters. The zero-order valence-corrected chi connectivity index (χ0v) is 13.1. The standard InChI is InChI=1S/C18H17NO5/c1-12(20)14-9-5-6-10-15(14)19-16(21)11-24-18(23)17(22)13-7-3-2-4-8-13/h2-10,17,22H,11H2,1H3,(H,19,21)/t17-/m1/s1. The Balaban J connectivity index is 1.92. The number of para-hydroxylation sites is 1. The van der Waals surface area contributed by atoms with Crippen molar-refractivity contribution in [1.29, 1.82) is 0 Å². The molecular formula is C18H17NO5. The highest BCUT2D eigenvalue weighted by molar-refractivity contribution is 6.04.